The van der Waals surface area contributed by atoms with Gasteiger partial charge in [-0.15, -0.1) is 0 Å². The Bertz CT molecular complexity index is 492. The van der Waals surface area contributed by atoms with Crippen molar-refractivity contribution in [3.8, 4) is 0 Å². The SMILES string of the molecule is O=C(CCC1CCCO1)NC(CO)c1ccc(Cl)c(F)c1. The smallest absolute Gasteiger partial charge is 0.220 e. The predicted octanol–water partition coefficient (Wildman–Crippen LogP) is 2.59. The van der Waals surface area contributed by atoms with Crippen molar-refractivity contribution < 1.29 is 19.0 Å². The molecule has 1 saturated heterocycles. The number of carbonyl (C=O) groups excluding carboxylic acids is 1. The molecule has 1 aromatic carbocycles. The third kappa shape index (κ3) is 4.66. The molecule has 2 unspecified atom stereocenters. The number of carbonyl (C=O) groups is 1. The van der Waals surface area contributed by atoms with Crippen LogP contribution >= 0.6 is 11.6 Å². The minimum atomic E-state index is -0.631. The van der Waals surface area contributed by atoms with Crippen LogP contribution in [0.3, 0.4) is 0 Å². The van der Waals surface area contributed by atoms with E-state index in [4.69, 9.17) is 16.3 Å². The summed E-state index contributed by atoms with van der Waals surface area (Å²) in [5.41, 5.74) is 0.491. The lowest BCUT2D eigenvalue weighted by Crippen LogP contribution is -2.31. The maximum Gasteiger partial charge on any atom is 0.220 e. The first-order valence-corrected chi connectivity index (χ1v) is 7.44. The fraction of sp³-hybridized carbons (Fsp3) is 0.533. The summed E-state index contributed by atoms with van der Waals surface area (Å²) in [5.74, 6) is -0.749. The van der Waals surface area contributed by atoms with Gasteiger partial charge in [0.25, 0.3) is 0 Å². The lowest BCUT2D eigenvalue weighted by Gasteiger charge is -2.18. The van der Waals surface area contributed by atoms with E-state index in [0.29, 0.717) is 18.4 Å². The van der Waals surface area contributed by atoms with E-state index in [0.717, 1.165) is 19.4 Å². The molecule has 0 aliphatic carbocycles. The predicted molar refractivity (Wildman–Crippen MR) is 77.6 cm³/mol. The van der Waals surface area contributed by atoms with Crippen LogP contribution in [0, 0.1) is 5.82 Å². The highest BCUT2D eigenvalue weighted by Crippen LogP contribution is 2.21. The third-order valence-electron chi connectivity index (χ3n) is 3.58. The first-order valence-electron chi connectivity index (χ1n) is 7.07. The molecule has 2 rings (SSSR count). The molecule has 1 aliphatic heterocycles. The van der Waals surface area contributed by atoms with Crippen LogP contribution in [0.5, 0.6) is 0 Å². The number of aliphatic hydroxyl groups is 1. The van der Waals surface area contributed by atoms with E-state index in [1.807, 2.05) is 0 Å². The molecule has 6 heteroatoms. The molecular weight excluding hydrogens is 297 g/mol. The molecule has 1 aromatic rings. The van der Waals surface area contributed by atoms with E-state index in [2.05, 4.69) is 5.32 Å². The molecule has 0 spiro atoms. The van der Waals surface area contributed by atoms with Gasteiger partial charge >= 0.3 is 0 Å². The van der Waals surface area contributed by atoms with Crippen molar-refractivity contribution in [1.82, 2.24) is 5.32 Å². The molecule has 0 aromatic heterocycles. The molecule has 21 heavy (non-hydrogen) atoms. The van der Waals surface area contributed by atoms with Gasteiger partial charge in [0, 0.05) is 13.0 Å². The Kier molecular flexibility index (Phi) is 5.96. The second-order valence-electron chi connectivity index (χ2n) is 5.15. The number of hydrogen-bond donors (Lipinski definition) is 2. The van der Waals surface area contributed by atoms with Crippen LogP contribution in [-0.4, -0.2) is 30.3 Å². The average molecular weight is 316 g/mol. The Morgan fingerprint density at radius 1 is 1.57 bits per heavy atom. The third-order valence-corrected chi connectivity index (χ3v) is 3.89. The van der Waals surface area contributed by atoms with E-state index in [9.17, 15) is 14.3 Å². The van der Waals surface area contributed by atoms with Gasteiger partial charge in [0.1, 0.15) is 5.82 Å². The van der Waals surface area contributed by atoms with Crippen molar-refractivity contribution in [3.63, 3.8) is 0 Å². The monoisotopic (exact) mass is 315 g/mol. The van der Waals surface area contributed by atoms with Crippen LogP contribution in [0.2, 0.25) is 5.02 Å². The van der Waals surface area contributed by atoms with Gasteiger partial charge in [-0.05, 0) is 37.0 Å². The molecule has 1 aliphatic rings. The Morgan fingerprint density at radius 3 is 3.00 bits per heavy atom. The van der Waals surface area contributed by atoms with Gasteiger partial charge in [-0.1, -0.05) is 17.7 Å². The first kappa shape index (κ1) is 16.2. The van der Waals surface area contributed by atoms with E-state index >= 15 is 0 Å². The Hall–Kier alpha value is -1.17. The number of halogens is 2. The van der Waals surface area contributed by atoms with Crippen LogP contribution < -0.4 is 5.32 Å². The van der Waals surface area contributed by atoms with Crippen LogP contribution in [0.25, 0.3) is 0 Å². The highest BCUT2D eigenvalue weighted by Gasteiger charge is 2.19. The topological polar surface area (TPSA) is 58.6 Å². The van der Waals surface area contributed by atoms with Crippen molar-refractivity contribution >= 4 is 17.5 Å². The van der Waals surface area contributed by atoms with Gasteiger partial charge in [-0.25, -0.2) is 4.39 Å². The Morgan fingerprint density at radius 2 is 2.38 bits per heavy atom. The molecule has 116 valence electrons. The van der Waals surface area contributed by atoms with Crippen molar-refractivity contribution in [2.45, 2.75) is 37.8 Å². The normalized spacial score (nSPS) is 19.5. The summed E-state index contributed by atoms with van der Waals surface area (Å²) in [5, 5.41) is 12.1. The van der Waals surface area contributed by atoms with E-state index in [-0.39, 0.29) is 23.6 Å². The molecule has 1 amide bonds. The number of benzene rings is 1. The number of nitrogens with one attached hydrogen (secondary N) is 1. The summed E-state index contributed by atoms with van der Waals surface area (Å²) in [6.45, 7) is 0.461. The largest absolute Gasteiger partial charge is 0.394 e. The van der Waals surface area contributed by atoms with Crippen LogP contribution in [0.15, 0.2) is 18.2 Å². The summed E-state index contributed by atoms with van der Waals surface area (Å²) >= 11 is 5.62. The summed E-state index contributed by atoms with van der Waals surface area (Å²) in [6.07, 6.45) is 3.17. The molecular formula is C15H19ClFNO3. The zero-order chi connectivity index (χ0) is 15.2. The first-order chi connectivity index (χ1) is 10.1. The van der Waals surface area contributed by atoms with E-state index in [1.54, 1.807) is 6.07 Å². The number of amides is 1. The van der Waals surface area contributed by atoms with Gasteiger partial charge in [0.05, 0.1) is 23.8 Å². The summed E-state index contributed by atoms with van der Waals surface area (Å²) in [4.78, 5) is 11.9. The number of hydrogen-bond acceptors (Lipinski definition) is 3. The van der Waals surface area contributed by atoms with Crippen molar-refractivity contribution in [3.05, 3.63) is 34.6 Å². The van der Waals surface area contributed by atoms with Gasteiger partial charge < -0.3 is 15.2 Å². The van der Waals surface area contributed by atoms with Gasteiger partial charge in [-0.3, -0.25) is 4.79 Å². The minimum absolute atomic E-state index is 0.0140. The highest BCUT2D eigenvalue weighted by atomic mass is 35.5. The van der Waals surface area contributed by atoms with Gasteiger partial charge in [-0.2, -0.15) is 0 Å². The van der Waals surface area contributed by atoms with E-state index in [1.165, 1.54) is 12.1 Å². The van der Waals surface area contributed by atoms with Crippen molar-refractivity contribution in [2.75, 3.05) is 13.2 Å². The lowest BCUT2D eigenvalue weighted by atomic mass is 10.1. The summed E-state index contributed by atoms with van der Waals surface area (Å²) in [6, 6.07) is 3.60. The minimum Gasteiger partial charge on any atom is -0.394 e. The molecule has 0 bridgehead atoms. The van der Waals surface area contributed by atoms with E-state index < -0.39 is 11.9 Å². The molecule has 1 fully saturated rings. The second kappa shape index (κ2) is 7.73. The number of rotatable bonds is 6. The zero-order valence-electron chi connectivity index (χ0n) is 11.6. The fourth-order valence-electron chi connectivity index (χ4n) is 2.39. The van der Waals surface area contributed by atoms with Crippen LogP contribution in [0.4, 0.5) is 4.39 Å². The molecule has 0 saturated carbocycles. The summed E-state index contributed by atoms with van der Waals surface area (Å²) in [7, 11) is 0. The Balaban J connectivity index is 1.88. The fourth-order valence-corrected chi connectivity index (χ4v) is 2.51. The summed E-state index contributed by atoms with van der Waals surface area (Å²) < 4.78 is 18.9. The second-order valence-corrected chi connectivity index (χ2v) is 5.56. The maximum atomic E-state index is 13.4. The van der Waals surface area contributed by atoms with Crippen LogP contribution in [-0.2, 0) is 9.53 Å². The van der Waals surface area contributed by atoms with Crippen molar-refractivity contribution in [1.29, 1.82) is 0 Å². The standard InChI is InChI=1S/C15H19ClFNO3/c16-12-5-3-10(8-13(12)17)14(9-19)18-15(20)6-4-11-2-1-7-21-11/h3,5,8,11,14,19H,1-2,4,6-7,9H2,(H,18,20). The molecule has 0 radical (unpaired) electrons. The molecule has 2 N–H and O–H groups in total. The van der Waals surface area contributed by atoms with Crippen LogP contribution in [0.1, 0.15) is 37.3 Å². The average Bonchev–Trinajstić information content (AvgIpc) is 2.99. The molecule has 4 nitrogen and oxygen atoms in total. The quantitative estimate of drug-likeness (QED) is 0.848. The maximum absolute atomic E-state index is 13.4. The zero-order valence-corrected chi connectivity index (χ0v) is 12.4. The van der Waals surface area contributed by atoms with Gasteiger partial charge in [0.2, 0.25) is 5.91 Å². The van der Waals surface area contributed by atoms with Gasteiger partial charge in [0.15, 0.2) is 0 Å². The molecule has 1 heterocycles. The number of ether oxygens (including phenoxy) is 1. The lowest BCUT2D eigenvalue weighted by molar-refractivity contribution is -0.122. The highest BCUT2D eigenvalue weighted by molar-refractivity contribution is 6.30. The van der Waals surface area contributed by atoms with Crippen molar-refractivity contribution in [2.24, 2.45) is 0 Å². The number of aliphatic hydroxyl groups excluding tert-OH is 1. The Labute approximate surface area is 128 Å². The molecule has 2 atom stereocenters.